The number of hydrogen-bond donors (Lipinski definition) is 1. The van der Waals surface area contributed by atoms with Crippen LogP contribution in [0.5, 0.6) is 0 Å². The van der Waals surface area contributed by atoms with Crippen molar-refractivity contribution in [3.8, 4) is 5.69 Å². The first-order valence-corrected chi connectivity index (χ1v) is 9.99. The molecule has 9 heteroatoms. The highest BCUT2D eigenvalue weighted by atomic mass is 19.4. The number of rotatable bonds is 2. The molecule has 2 aromatic heterocycles. The number of aryl methyl sites for hydroxylation is 1. The van der Waals surface area contributed by atoms with Gasteiger partial charge in [-0.3, -0.25) is 14.1 Å². The Balaban J connectivity index is 1.78. The van der Waals surface area contributed by atoms with Crippen molar-refractivity contribution in [2.45, 2.75) is 6.18 Å². The van der Waals surface area contributed by atoms with Gasteiger partial charge in [-0.25, -0.2) is 4.79 Å². The minimum absolute atomic E-state index is 0.137. The molecule has 0 radical (unpaired) electrons. The highest BCUT2D eigenvalue weighted by Gasteiger charge is 2.36. The molecule has 0 aliphatic carbocycles. The van der Waals surface area contributed by atoms with Gasteiger partial charge in [-0.1, -0.05) is 18.2 Å². The van der Waals surface area contributed by atoms with Gasteiger partial charge in [0, 0.05) is 44.3 Å². The molecule has 3 heterocycles. The number of alkyl halides is 3. The summed E-state index contributed by atoms with van der Waals surface area (Å²) in [6.45, 7) is 2.24. The molecule has 0 spiro atoms. The number of nitrogens with zero attached hydrogens (tertiary/aromatic N) is 4. The van der Waals surface area contributed by atoms with Crippen LogP contribution in [0.1, 0.15) is 5.56 Å². The zero-order chi connectivity index (χ0) is 21.8. The first kappa shape index (κ1) is 19.6. The molecule has 0 bridgehead atoms. The standard InChI is InChI=1S/C22H20F3N5O/c1-28-19-13-27-17-5-3-2-4-15(17)20(19)30(21(28)31)14-6-7-18(16(12-14)22(23,24)25)29-10-8-26-9-11-29/h2-7,12-13,26H,8-11H2,1H3. The second-order valence-electron chi connectivity index (χ2n) is 7.62. The molecule has 1 fully saturated rings. The van der Waals surface area contributed by atoms with E-state index in [-0.39, 0.29) is 11.4 Å². The molecule has 0 saturated carbocycles. The molecule has 0 amide bonds. The van der Waals surface area contributed by atoms with Crippen LogP contribution in [0.2, 0.25) is 0 Å². The summed E-state index contributed by atoms with van der Waals surface area (Å²) in [4.78, 5) is 19.2. The molecule has 0 unspecified atom stereocenters. The summed E-state index contributed by atoms with van der Waals surface area (Å²) in [6.07, 6.45) is -2.97. The Morgan fingerprint density at radius 2 is 1.81 bits per heavy atom. The fourth-order valence-electron chi connectivity index (χ4n) is 4.26. The minimum atomic E-state index is -4.55. The number of benzene rings is 2. The Labute approximate surface area is 175 Å². The molecule has 1 saturated heterocycles. The second-order valence-corrected chi connectivity index (χ2v) is 7.62. The van der Waals surface area contributed by atoms with Gasteiger partial charge in [0.25, 0.3) is 0 Å². The number of hydrogen-bond acceptors (Lipinski definition) is 4. The lowest BCUT2D eigenvalue weighted by Crippen LogP contribution is -2.44. The zero-order valence-electron chi connectivity index (χ0n) is 16.8. The van der Waals surface area contributed by atoms with Gasteiger partial charge < -0.3 is 10.2 Å². The van der Waals surface area contributed by atoms with E-state index in [9.17, 15) is 18.0 Å². The number of para-hydroxylation sites is 1. The third-order valence-electron chi connectivity index (χ3n) is 5.79. The monoisotopic (exact) mass is 427 g/mol. The van der Waals surface area contributed by atoms with E-state index in [1.807, 2.05) is 24.3 Å². The van der Waals surface area contributed by atoms with Crippen LogP contribution in [-0.2, 0) is 13.2 Å². The zero-order valence-corrected chi connectivity index (χ0v) is 16.8. The Bertz CT molecular complexity index is 1350. The normalized spacial score (nSPS) is 15.2. The van der Waals surface area contributed by atoms with Gasteiger partial charge in [-0.15, -0.1) is 0 Å². The fraction of sp³-hybridized carbons (Fsp3) is 0.273. The van der Waals surface area contributed by atoms with Crippen molar-refractivity contribution < 1.29 is 13.2 Å². The van der Waals surface area contributed by atoms with E-state index in [0.29, 0.717) is 48.1 Å². The molecular formula is C22H20F3N5O. The van der Waals surface area contributed by atoms with Gasteiger partial charge in [0.15, 0.2) is 0 Å². The first-order chi connectivity index (χ1) is 14.9. The maximum absolute atomic E-state index is 14.0. The summed E-state index contributed by atoms with van der Waals surface area (Å²) in [5.74, 6) is 0. The summed E-state index contributed by atoms with van der Waals surface area (Å²) in [5.41, 5.74) is 0.925. The third kappa shape index (κ3) is 3.16. The summed E-state index contributed by atoms with van der Waals surface area (Å²) >= 11 is 0. The van der Waals surface area contributed by atoms with Crippen LogP contribution in [0, 0.1) is 0 Å². The largest absolute Gasteiger partial charge is 0.418 e. The maximum atomic E-state index is 14.0. The predicted octanol–water partition coefficient (Wildman–Crippen LogP) is 3.31. The van der Waals surface area contributed by atoms with Gasteiger partial charge >= 0.3 is 11.9 Å². The number of piperazine rings is 1. The van der Waals surface area contributed by atoms with E-state index in [2.05, 4.69) is 10.3 Å². The number of halogens is 3. The Morgan fingerprint density at radius 3 is 2.55 bits per heavy atom. The van der Waals surface area contributed by atoms with Crippen LogP contribution in [0.4, 0.5) is 18.9 Å². The fourth-order valence-corrected chi connectivity index (χ4v) is 4.26. The molecule has 1 aliphatic heterocycles. The van der Waals surface area contributed by atoms with E-state index in [0.717, 1.165) is 6.07 Å². The Morgan fingerprint density at radius 1 is 1.06 bits per heavy atom. The van der Waals surface area contributed by atoms with Gasteiger partial charge in [0.05, 0.1) is 34.0 Å². The maximum Gasteiger partial charge on any atom is 0.418 e. The van der Waals surface area contributed by atoms with E-state index in [1.54, 1.807) is 24.2 Å². The van der Waals surface area contributed by atoms with Gasteiger partial charge in [0.2, 0.25) is 0 Å². The predicted molar refractivity (Wildman–Crippen MR) is 114 cm³/mol. The number of nitrogens with one attached hydrogen (secondary N) is 1. The second kappa shape index (κ2) is 7.12. The highest BCUT2D eigenvalue weighted by Crippen LogP contribution is 2.38. The van der Waals surface area contributed by atoms with Crippen molar-refractivity contribution in [2.75, 3.05) is 31.1 Å². The number of imidazole rings is 1. The molecule has 1 aliphatic rings. The number of pyridine rings is 1. The average molecular weight is 427 g/mol. The van der Waals surface area contributed by atoms with Crippen LogP contribution >= 0.6 is 0 Å². The molecule has 160 valence electrons. The Hall–Kier alpha value is -3.33. The van der Waals surface area contributed by atoms with Crippen molar-refractivity contribution in [1.29, 1.82) is 0 Å². The van der Waals surface area contributed by atoms with Gasteiger partial charge in [-0.05, 0) is 24.3 Å². The van der Waals surface area contributed by atoms with Crippen molar-refractivity contribution in [3.63, 3.8) is 0 Å². The Kier molecular flexibility index (Phi) is 4.51. The van der Waals surface area contributed by atoms with E-state index in [4.69, 9.17) is 0 Å². The minimum Gasteiger partial charge on any atom is -0.368 e. The number of aromatic nitrogens is 3. The van der Waals surface area contributed by atoms with Gasteiger partial charge in [0.1, 0.15) is 0 Å². The van der Waals surface area contributed by atoms with Gasteiger partial charge in [-0.2, -0.15) is 13.2 Å². The number of fused-ring (bicyclic) bond motifs is 3. The topological polar surface area (TPSA) is 55.1 Å². The lowest BCUT2D eigenvalue weighted by Gasteiger charge is -2.31. The average Bonchev–Trinajstić information content (AvgIpc) is 3.04. The van der Waals surface area contributed by atoms with Crippen molar-refractivity contribution in [3.05, 3.63) is 64.7 Å². The van der Waals surface area contributed by atoms with E-state index < -0.39 is 17.4 Å². The molecule has 1 N–H and O–H groups in total. The van der Waals surface area contributed by atoms with E-state index >= 15 is 0 Å². The summed E-state index contributed by atoms with van der Waals surface area (Å²) in [5, 5.41) is 3.86. The molecule has 31 heavy (non-hydrogen) atoms. The molecule has 6 nitrogen and oxygen atoms in total. The summed E-state index contributed by atoms with van der Waals surface area (Å²) < 4.78 is 44.8. The first-order valence-electron chi connectivity index (χ1n) is 9.99. The molecule has 2 aromatic carbocycles. The SMILES string of the molecule is Cn1c(=O)n(-c2ccc(N3CCNCC3)c(C(F)(F)F)c2)c2c3ccccc3ncc21. The van der Waals surface area contributed by atoms with Crippen molar-refractivity contribution >= 4 is 27.6 Å². The molecule has 0 atom stereocenters. The van der Waals surface area contributed by atoms with Crippen molar-refractivity contribution in [2.24, 2.45) is 7.05 Å². The van der Waals surface area contributed by atoms with Crippen LogP contribution < -0.4 is 15.9 Å². The summed E-state index contributed by atoms with van der Waals surface area (Å²) in [7, 11) is 1.59. The van der Waals surface area contributed by atoms with Crippen LogP contribution in [0.15, 0.2) is 53.5 Å². The lowest BCUT2D eigenvalue weighted by atomic mass is 10.1. The van der Waals surface area contributed by atoms with Crippen molar-refractivity contribution in [1.82, 2.24) is 19.4 Å². The van der Waals surface area contributed by atoms with Crippen LogP contribution in [0.25, 0.3) is 27.6 Å². The van der Waals surface area contributed by atoms with Crippen LogP contribution in [0.3, 0.4) is 0 Å². The third-order valence-corrected chi connectivity index (χ3v) is 5.79. The smallest absolute Gasteiger partial charge is 0.368 e. The van der Waals surface area contributed by atoms with Crippen LogP contribution in [-0.4, -0.2) is 40.3 Å². The highest BCUT2D eigenvalue weighted by molar-refractivity contribution is 6.03. The number of anilines is 1. The quantitative estimate of drug-likeness (QED) is 0.533. The lowest BCUT2D eigenvalue weighted by molar-refractivity contribution is -0.137. The van der Waals surface area contributed by atoms with E-state index in [1.165, 1.54) is 15.2 Å². The molecule has 5 rings (SSSR count). The molecule has 4 aromatic rings. The summed E-state index contributed by atoms with van der Waals surface area (Å²) in [6, 6.07) is 11.4. The molecular weight excluding hydrogens is 407 g/mol.